The highest BCUT2D eigenvalue weighted by Crippen LogP contribution is 2.32. The fourth-order valence-corrected chi connectivity index (χ4v) is 4.85. The van der Waals surface area contributed by atoms with Gasteiger partial charge in [-0.3, -0.25) is 4.79 Å². The van der Waals surface area contributed by atoms with Crippen LogP contribution in [0, 0.1) is 5.92 Å². The summed E-state index contributed by atoms with van der Waals surface area (Å²) in [7, 11) is -3.79. The van der Waals surface area contributed by atoms with Gasteiger partial charge < -0.3 is 10.1 Å². The summed E-state index contributed by atoms with van der Waals surface area (Å²) < 4.78 is 33.1. The SMILES string of the molecule is CCOc1ccc(Cl)cc1S(=O)(=O)N1CCC[C@H](C(=O)N[C@H](C)CC)C1. The van der Waals surface area contributed by atoms with Gasteiger partial charge >= 0.3 is 0 Å². The Balaban J connectivity index is 2.24. The predicted molar refractivity (Wildman–Crippen MR) is 102 cm³/mol. The fraction of sp³-hybridized carbons (Fsp3) is 0.611. The summed E-state index contributed by atoms with van der Waals surface area (Å²) in [6.07, 6.45) is 2.16. The molecular formula is C18H27ClN2O4S. The minimum atomic E-state index is -3.79. The molecule has 146 valence electrons. The molecule has 0 aliphatic carbocycles. The maximum Gasteiger partial charge on any atom is 0.246 e. The molecule has 1 heterocycles. The number of piperidine rings is 1. The van der Waals surface area contributed by atoms with E-state index >= 15 is 0 Å². The zero-order valence-corrected chi connectivity index (χ0v) is 17.1. The van der Waals surface area contributed by atoms with Crippen molar-refractivity contribution in [3.8, 4) is 5.75 Å². The van der Waals surface area contributed by atoms with Crippen molar-refractivity contribution in [2.24, 2.45) is 5.92 Å². The van der Waals surface area contributed by atoms with E-state index in [0.29, 0.717) is 31.0 Å². The molecule has 6 nitrogen and oxygen atoms in total. The molecule has 1 aliphatic heterocycles. The van der Waals surface area contributed by atoms with E-state index in [1.165, 1.54) is 10.4 Å². The fourth-order valence-electron chi connectivity index (χ4n) is 2.93. The van der Waals surface area contributed by atoms with Crippen LogP contribution in [-0.2, 0) is 14.8 Å². The molecule has 8 heteroatoms. The molecule has 2 atom stereocenters. The Morgan fingerprint density at radius 2 is 2.15 bits per heavy atom. The molecule has 1 aromatic carbocycles. The van der Waals surface area contributed by atoms with E-state index in [2.05, 4.69) is 5.32 Å². The van der Waals surface area contributed by atoms with Crippen LogP contribution in [0.4, 0.5) is 0 Å². The predicted octanol–water partition coefficient (Wildman–Crippen LogP) is 3.05. The number of halogens is 1. The van der Waals surface area contributed by atoms with Crippen molar-refractivity contribution in [2.75, 3.05) is 19.7 Å². The first kappa shape index (κ1) is 21.0. The third-order valence-electron chi connectivity index (χ3n) is 4.58. The van der Waals surface area contributed by atoms with Crippen molar-refractivity contribution in [1.29, 1.82) is 0 Å². The van der Waals surface area contributed by atoms with Crippen LogP contribution in [0.2, 0.25) is 5.02 Å². The first-order valence-corrected chi connectivity index (χ1v) is 10.8. The second-order valence-electron chi connectivity index (χ2n) is 6.54. The third-order valence-corrected chi connectivity index (χ3v) is 6.70. The van der Waals surface area contributed by atoms with Gasteiger partial charge in [0.2, 0.25) is 15.9 Å². The summed E-state index contributed by atoms with van der Waals surface area (Å²) in [5.41, 5.74) is 0. The van der Waals surface area contributed by atoms with Gasteiger partial charge in [-0.05, 0) is 51.3 Å². The van der Waals surface area contributed by atoms with E-state index in [1.54, 1.807) is 19.1 Å². The summed E-state index contributed by atoms with van der Waals surface area (Å²) in [4.78, 5) is 12.5. The molecule has 0 spiro atoms. The van der Waals surface area contributed by atoms with E-state index in [4.69, 9.17) is 16.3 Å². The number of nitrogens with zero attached hydrogens (tertiary/aromatic N) is 1. The normalized spacial score (nSPS) is 19.8. The number of sulfonamides is 1. The zero-order valence-electron chi connectivity index (χ0n) is 15.5. The van der Waals surface area contributed by atoms with Crippen LogP contribution in [0.5, 0.6) is 5.75 Å². The van der Waals surface area contributed by atoms with Crippen LogP contribution in [0.3, 0.4) is 0 Å². The number of carbonyl (C=O) groups excluding carboxylic acids is 1. The Hall–Kier alpha value is -1.31. The summed E-state index contributed by atoms with van der Waals surface area (Å²) >= 11 is 6.01. The Morgan fingerprint density at radius 1 is 1.42 bits per heavy atom. The molecule has 0 radical (unpaired) electrons. The Bertz CT molecular complexity index is 739. The minimum Gasteiger partial charge on any atom is -0.492 e. The van der Waals surface area contributed by atoms with Gasteiger partial charge in [-0.15, -0.1) is 0 Å². The van der Waals surface area contributed by atoms with E-state index in [0.717, 1.165) is 6.42 Å². The molecule has 0 saturated carbocycles. The first-order valence-electron chi connectivity index (χ1n) is 9.02. The lowest BCUT2D eigenvalue weighted by atomic mass is 9.98. The summed E-state index contributed by atoms with van der Waals surface area (Å²) in [6, 6.07) is 4.65. The van der Waals surface area contributed by atoms with Gasteiger partial charge in [-0.1, -0.05) is 18.5 Å². The maximum absolute atomic E-state index is 13.1. The third kappa shape index (κ3) is 4.90. The Kier molecular flexibility index (Phi) is 7.32. The lowest BCUT2D eigenvalue weighted by Gasteiger charge is -2.32. The minimum absolute atomic E-state index is 0.0508. The van der Waals surface area contributed by atoms with Gasteiger partial charge in [-0.25, -0.2) is 8.42 Å². The molecule has 2 rings (SSSR count). The number of rotatable bonds is 7. The van der Waals surface area contributed by atoms with E-state index in [1.807, 2.05) is 13.8 Å². The van der Waals surface area contributed by atoms with Crippen molar-refractivity contribution >= 4 is 27.5 Å². The molecule has 1 aliphatic rings. The lowest BCUT2D eigenvalue weighted by Crippen LogP contribution is -2.47. The maximum atomic E-state index is 13.1. The van der Waals surface area contributed by atoms with Gasteiger partial charge in [-0.2, -0.15) is 4.31 Å². The van der Waals surface area contributed by atoms with Gasteiger partial charge in [0.25, 0.3) is 0 Å². The van der Waals surface area contributed by atoms with Gasteiger partial charge in [0.05, 0.1) is 12.5 Å². The molecule has 1 aromatic rings. The Labute approximate surface area is 160 Å². The van der Waals surface area contributed by atoms with Crippen molar-refractivity contribution in [3.05, 3.63) is 23.2 Å². The van der Waals surface area contributed by atoms with Crippen molar-refractivity contribution in [2.45, 2.75) is 51.0 Å². The van der Waals surface area contributed by atoms with Crippen molar-refractivity contribution in [1.82, 2.24) is 9.62 Å². The second kappa shape index (κ2) is 9.06. The quantitative estimate of drug-likeness (QED) is 0.760. The van der Waals surface area contributed by atoms with Crippen LogP contribution in [0.15, 0.2) is 23.1 Å². The molecule has 1 N–H and O–H groups in total. The number of carbonyl (C=O) groups is 1. The molecule has 1 fully saturated rings. The van der Waals surface area contributed by atoms with Crippen LogP contribution in [0.1, 0.15) is 40.0 Å². The molecular weight excluding hydrogens is 376 g/mol. The highest BCUT2D eigenvalue weighted by Gasteiger charge is 2.35. The van der Waals surface area contributed by atoms with Gasteiger partial charge in [0, 0.05) is 24.2 Å². The molecule has 1 amide bonds. The van der Waals surface area contributed by atoms with Crippen LogP contribution >= 0.6 is 11.6 Å². The number of benzene rings is 1. The van der Waals surface area contributed by atoms with Gasteiger partial charge in [0.15, 0.2) is 0 Å². The molecule has 0 aromatic heterocycles. The number of hydrogen-bond acceptors (Lipinski definition) is 4. The van der Waals surface area contributed by atoms with E-state index in [-0.39, 0.29) is 35.1 Å². The van der Waals surface area contributed by atoms with E-state index < -0.39 is 10.0 Å². The topological polar surface area (TPSA) is 75.7 Å². The Morgan fingerprint density at radius 3 is 2.81 bits per heavy atom. The average molecular weight is 403 g/mol. The zero-order chi connectivity index (χ0) is 19.3. The smallest absolute Gasteiger partial charge is 0.246 e. The van der Waals surface area contributed by atoms with Crippen molar-refractivity contribution in [3.63, 3.8) is 0 Å². The number of amides is 1. The highest BCUT2D eigenvalue weighted by molar-refractivity contribution is 7.89. The summed E-state index contributed by atoms with van der Waals surface area (Å²) in [6.45, 7) is 6.63. The monoisotopic (exact) mass is 402 g/mol. The van der Waals surface area contributed by atoms with Crippen LogP contribution < -0.4 is 10.1 Å². The first-order chi connectivity index (χ1) is 12.3. The largest absolute Gasteiger partial charge is 0.492 e. The second-order valence-corrected chi connectivity index (χ2v) is 8.89. The van der Waals surface area contributed by atoms with Gasteiger partial charge in [0.1, 0.15) is 10.6 Å². The molecule has 0 unspecified atom stereocenters. The number of hydrogen-bond donors (Lipinski definition) is 1. The summed E-state index contributed by atoms with van der Waals surface area (Å²) in [5, 5.41) is 3.27. The van der Waals surface area contributed by atoms with Crippen molar-refractivity contribution < 1.29 is 17.9 Å². The van der Waals surface area contributed by atoms with Crippen LogP contribution in [-0.4, -0.2) is 44.4 Å². The average Bonchev–Trinajstić information content (AvgIpc) is 2.63. The number of nitrogens with one attached hydrogen (secondary N) is 1. The molecule has 1 saturated heterocycles. The van der Waals surface area contributed by atoms with Crippen LogP contribution in [0.25, 0.3) is 0 Å². The molecule has 0 bridgehead atoms. The molecule has 26 heavy (non-hydrogen) atoms. The van der Waals surface area contributed by atoms with E-state index in [9.17, 15) is 13.2 Å². The standard InChI is InChI=1S/C18H27ClN2O4S/c1-4-13(3)20-18(22)14-7-6-10-21(12-14)26(23,24)17-11-15(19)8-9-16(17)25-5-2/h8-9,11,13-14H,4-7,10,12H2,1-3H3,(H,20,22)/t13-,14+/m1/s1. The lowest BCUT2D eigenvalue weighted by molar-refractivity contribution is -0.126. The highest BCUT2D eigenvalue weighted by atomic mass is 35.5. The number of ether oxygens (including phenoxy) is 1. The summed E-state index contributed by atoms with van der Waals surface area (Å²) in [5.74, 6) is -0.152.